The van der Waals surface area contributed by atoms with Crippen LogP contribution in [0.5, 0.6) is 0 Å². The van der Waals surface area contributed by atoms with Gasteiger partial charge in [0, 0.05) is 67.2 Å². The number of nitrogens with one attached hydrogen (secondary N) is 1. The van der Waals surface area contributed by atoms with E-state index in [0.717, 1.165) is 47.7 Å². The summed E-state index contributed by atoms with van der Waals surface area (Å²) >= 11 is 1.59. The molecule has 5 rings (SSSR count). The van der Waals surface area contributed by atoms with Crippen LogP contribution in [-0.2, 0) is 20.7 Å². The van der Waals surface area contributed by atoms with E-state index in [0.29, 0.717) is 44.8 Å². The zero-order chi connectivity index (χ0) is 26.2. The van der Waals surface area contributed by atoms with Gasteiger partial charge in [0.1, 0.15) is 10.9 Å². The number of benzene rings is 2. The standard InChI is InChI=1S/C29H33N5O3S/c1-22(29(35)34-13-17-37-18-14-34)21-31-24-3-2-4-26(20-24)38-28-9-10-30-27(32-28)19-23-5-7-25(8-6-23)33-11-15-36-16-12-33/h2-10,20,31H,1,11-19,21H2. The summed E-state index contributed by atoms with van der Waals surface area (Å²) in [6, 6.07) is 18.7. The van der Waals surface area contributed by atoms with Gasteiger partial charge in [-0.2, -0.15) is 0 Å². The van der Waals surface area contributed by atoms with E-state index in [-0.39, 0.29) is 5.91 Å². The number of anilines is 2. The molecule has 38 heavy (non-hydrogen) atoms. The molecule has 1 N–H and O–H groups in total. The molecule has 8 nitrogen and oxygen atoms in total. The highest BCUT2D eigenvalue weighted by atomic mass is 32.2. The number of aromatic nitrogens is 2. The lowest BCUT2D eigenvalue weighted by Crippen LogP contribution is -2.42. The van der Waals surface area contributed by atoms with Gasteiger partial charge in [-0.3, -0.25) is 4.79 Å². The number of hydrogen-bond acceptors (Lipinski definition) is 8. The van der Waals surface area contributed by atoms with E-state index < -0.39 is 0 Å². The van der Waals surface area contributed by atoms with Crippen molar-refractivity contribution in [3.8, 4) is 0 Å². The van der Waals surface area contributed by atoms with E-state index in [9.17, 15) is 4.79 Å². The summed E-state index contributed by atoms with van der Waals surface area (Å²) in [4.78, 5) is 27.1. The van der Waals surface area contributed by atoms with Crippen LogP contribution < -0.4 is 10.2 Å². The fraction of sp³-hybridized carbons (Fsp3) is 0.345. The Balaban J connectivity index is 1.15. The molecule has 1 amide bonds. The van der Waals surface area contributed by atoms with Crippen LogP contribution in [0, 0.1) is 0 Å². The lowest BCUT2D eigenvalue weighted by molar-refractivity contribution is -0.131. The number of nitrogens with zero attached hydrogens (tertiary/aromatic N) is 4. The molecule has 0 bridgehead atoms. The number of carbonyl (C=O) groups excluding carboxylic acids is 1. The summed E-state index contributed by atoms with van der Waals surface area (Å²) in [6.07, 6.45) is 2.49. The first kappa shape index (κ1) is 26.2. The van der Waals surface area contributed by atoms with E-state index in [4.69, 9.17) is 14.5 Å². The topological polar surface area (TPSA) is 79.8 Å². The average molecular weight is 532 g/mol. The Morgan fingerprint density at radius 1 is 0.974 bits per heavy atom. The molecule has 2 aromatic carbocycles. The quantitative estimate of drug-likeness (QED) is 0.329. The maximum atomic E-state index is 12.6. The van der Waals surface area contributed by atoms with Crippen molar-refractivity contribution in [1.82, 2.24) is 14.9 Å². The summed E-state index contributed by atoms with van der Waals surface area (Å²) in [5, 5.41) is 4.22. The second-order valence-corrected chi connectivity index (χ2v) is 10.3. The minimum atomic E-state index is -0.0180. The molecule has 0 radical (unpaired) electrons. The summed E-state index contributed by atoms with van der Waals surface area (Å²) in [7, 11) is 0. The van der Waals surface area contributed by atoms with Gasteiger partial charge in [0.2, 0.25) is 0 Å². The Labute approximate surface area is 228 Å². The highest BCUT2D eigenvalue weighted by molar-refractivity contribution is 7.99. The average Bonchev–Trinajstić information content (AvgIpc) is 2.97. The number of ether oxygens (including phenoxy) is 2. The molecule has 1 aromatic heterocycles. The van der Waals surface area contributed by atoms with Crippen LogP contribution in [-0.4, -0.2) is 79.9 Å². The number of carbonyl (C=O) groups is 1. The molecule has 0 saturated carbocycles. The third-order valence-corrected chi connectivity index (χ3v) is 7.44. The van der Waals surface area contributed by atoms with Crippen LogP contribution >= 0.6 is 11.8 Å². The minimum absolute atomic E-state index is 0.0180. The van der Waals surface area contributed by atoms with E-state index in [1.807, 2.05) is 24.4 Å². The van der Waals surface area contributed by atoms with Crippen LogP contribution in [0.1, 0.15) is 11.4 Å². The summed E-state index contributed by atoms with van der Waals surface area (Å²) in [5.74, 6) is 0.775. The van der Waals surface area contributed by atoms with Crippen LogP contribution in [0.3, 0.4) is 0 Å². The van der Waals surface area contributed by atoms with Crippen LogP contribution in [0.15, 0.2) is 82.9 Å². The predicted molar refractivity (Wildman–Crippen MR) is 150 cm³/mol. The molecule has 2 saturated heterocycles. The Kier molecular flexibility index (Phi) is 8.90. The second kappa shape index (κ2) is 12.9. The van der Waals surface area contributed by atoms with Crippen molar-refractivity contribution in [3.63, 3.8) is 0 Å². The van der Waals surface area contributed by atoms with Gasteiger partial charge in [0.05, 0.1) is 26.4 Å². The molecule has 0 unspecified atom stereocenters. The SMILES string of the molecule is C=C(CNc1cccc(Sc2ccnc(Cc3ccc(N4CCOCC4)cc3)n2)c1)C(=O)N1CCOCC1. The monoisotopic (exact) mass is 531 g/mol. The molecule has 3 aromatic rings. The summed E-state index contributed by atoms with van der Waals surface area (Å²) in [5.41, 5.74) is 3.89. The first-order chi connectivity index (χ1) is 18.6. The van der Waals surface area contributed by atoms with Crippen molar-refractivity contribution in [1.29, 1.82) is 0 Å². The van der Waals surface area contributed by atoms with Crippen molar-refractivity contribution in [2.75, 3.05) is 69.4 Å². The van der Waals surface area contributed by atoms with Crippen molar-refractivity contribution < 1.29 is 14.3 Å². The Hall–Kier alpha value is -3.40. The number of hydrogen-bond donors (Lipinski definition) is 1. The Bertz CT molecular complexity index is 1240. The zero-order valence-electron chi connectivity index (χ0n) is 21.5. The van der Waals surface area contributed by atoms with Crippen molar-refractivity contribution in [3.05, 3.63) is 84.3 Å². The first-order valence-electron chi connectivity index (χ1n) is 12.9. The van der Waals surface area contributed by atoms with Gasteiger partial charge in [-0.05, 0) is 42.0 Å². The van der Waals surface area contributed by atoms with Gasteiger partial charge < -0.3 is 24.6 Å². The molecule has 198 valence electrons. The lowest BCUT2D eigenvalue weighted by atomic mass is 10.1. The summed E-state index contributed by atoms with van der Waals surface area (Å²) in [6.45, 7) is 10.2. The molecule has 0 spiro atoms. The van der Waals surface area contributed by atoms with Crippen molar-refractivity contribution >= 4 is 29.0 Å². The number of amides is 1. The highest BCUT2D eigenvalue weighted by Gasteiger charge is 2.19. The van der Waals surface area contributed by atoms with Gasteiger partial charge >= 0.3 is 0 Å². The van der Waals surface area contributed by atoms with Gasteiger partial charge in [0.15, 0.2) is 0 Å². The van der Waals surface area contributed by atoms with Crippen molar-refractivity contribution in [2.45, 2.75) is 16.3 Å². The molecule has 2 aliphatic heterocycles. The molecule has 0 atom stereocenters. The molecule has 9 heteroatoms. The van der Waals surface area contributed by atoms with Crippen LogP contribution in [0.25, 0.3) is 0 Å². The molecule has 3 heterocycles. The highest BCUT2D eigenvalue weighted by Crippen LogP contribution is 2.28. The first-order valence-corrected chi connectivity index (χ1v) is 13.8. The maximum Gasteiger partial charge on any atom is 0.251 e. The summed E-state index contributed by atoms with van der Waals surface area (Å²) < 4.78 is 10.8. The molecular weight excluding hydrogens is 498 g/mol. The lowest BCUT2D eigenvalue weighted by Gasteiger charge is -2.28. The maximum absolute atomic E-state index is 12.6. The molecule has 2 aliphatic rings. The van der Waals surface area contributed by atoms with Crippen LogP contribution in [0.2, 0.25) is 0 Å². The third kappa shape index (κ3) is 7.12. The fourth-order valence-corrected chi connectivity index (χ4v) is 5.27. The smallest absolute Gasteiger partial charge is 0.251 e. The van der Waals surface area contributed by atoms with Gasteiger partial charge in [0.25, 0.3) is 5.91 Å². The second-order valence-electron chi connectivity index (χ2n) is 9.25. The van der Waals surface area contributed by atoms with Gasteiger partial charge in [-0.15, -0.1) is 0 Å². The fourth-order valence-electron chi connectivity index (χ4n) is 4.42. The third-order valence-electron chi connectivity index (χ3n) is 6.52. The van der Waals surface area contributed by atoms with E-state index in [1.165, 1.54) is 11.3 Å². The number of rotatable bonds is 9. The normalized spacial score (nSPS) is 15.8. The zero-order valence-corrected chi connectivity index (χ0v) is 22.3. The molecule has 0 aliphatic carbocycles. The largest absolute Gasteiger partial charge is 0.381 e. The predicted octanol–water partition coefficient (Wildman–Crippen LogP) is 3.88. The van der Waals surface area contributed by atoms with Crippen molar-refractivity contribution in [2.24, 2.45) is 0 Å². The Morgan fingerprint density at radius 3 is 2.47 bits per heavy atom. The van der Waals surface area contributed by atoms with E-state index in [1.54, 1.807) is 16.7 Å². The molecular formula is C29H33N5O3S. The molecule has 2 fully saturated rings. The van der Waals surface area contributed by atoms with Crippen LogP contribution in [0.4, 0.5) is 11.4 Å². The number of morpholine rings is 2. The van der Waals surface area contributed by atoms with E-state index >= 15 is 0 Å². The Morgan fingerprint density at radius 2 is 1.71 bits per heavy atom. The van der Waals surface area contributed by atoms with Gasteiger partial charge in [-0.1, -0.05) is 36.5 Å². The van der Waals surface area contributed by atoms with Gasteiger partial charge in [-0.25, -0.2) is 9.97 Å². The van der Waals surface area contributed by atoms with E-state index in [2.05, 4.69) is 58.2 Å². The minimum Gasteiger partial charge on any atom is -0.381 e.